The topological polar surface area (TPSA) is 62.3 Å². The summed E-state index contributed by atoms with van der Waals surface area (Å²) in [6.45, 7) is 4.65. The van der Waals surface area contributed by atoms with Crippen molar-refractivity contribution in [2.45, 2.75) is 32.6 Å². The minimum Gasteiger partial charge on any atom is -0.321 e. The monoisotopic (exact) mass is 363 g/mol. The molecule has 24 heavy (non-hydrogen) atoms. The highest BCUT2D eigenvalue weighted by Gasteiger charge is 2.28. The van der Waals surface area contributed by atoms with Crippen LogP contribution in [0.25, 0.3) is 0 Å². The third-order valence-electron chi connectivity index (χ3n) is 3.80. The molecule has 7 heteroatoms. The Balaban J connectivity index is 1.88. The molecule has 0 saturated carbocycles. The fraction of sp³-hybridized carbons (Fsp3) is 0.353. The van der Waals surface area contributed by atoms with E-state index in [1.807, 2.05) is 13.8 Å². The third-order valence-corrected chi connectivity index (χ3v) is 5.15. The first-order valence-corrected chi connectivity index (χ1v) is 9.03. The van der Waals surface area contributed by atoms with Gasteiger partial charge in [0.2, 0.25) is 5.91 Å². The molecule has 1 aliphatic heterocycles. The third kappa shape index (κ3) is 3.44. The predicted molar refractivity (Wildman–Crippen MR) is 97.2 cm³/mol. The van der Waals surface area contributed by atoms with Crippen molar-refractivity contribution in [3.63, 3.8) is 0 Å². The Morgan fingerprint density at radius 3 is 2.62 bits per heavy atom. The maximum atomic E-state index is 12.7. The second kappa shape index (κ2) is 6.91. The highest BCUT2D eigenvalue weighted by Crippen LogP contribution is 2.33. The van der Waals surface area contributed by atoms with Crippen LogP contribution >= 0.6 is 22.9 Å². The van der Waals surface area contributed by atoms with Gasteiger partial charge in [0.05, 0.1) is 5.69 Å². The first kappa shape index (κ1) is 16.9. The van der Waals surface area contributed by atoms with Crippen LogP contribution < -0.4 is 10.2 Å². The quantitative estimate of drug-likeness (QED) is 0.880. The zero-order valence-electron chi connectivity index (χ0n) is 13.5. The van der Waals surface area contributed by atoms with E-state index in [2.05, 4.69) is 10.3 Å². The van der Waals surface area contributed by atoms with Gasteiger partial charge in [0.25, 0.3) is 5.91 Å². The molecule has 0 bridgehead atoms. The molecule has 5 nitrogen and oxygen atoms in total. The number of aromatic nitrogens is 1. The number of carbonyl (C=O) groups excluding carboxylic acids is 2. The number of thiazole rings is 1. The largest absolute Gasteiger partial charge is 0.321 e. The minimum atomic E-state index is -0.212. The number of carbonyl (C=O) groups is 2. The zero-order valence-corrected chi connectivity index (χ0v) is 15.1. The Morgan fingerprint density at radius 1 is 1.33 bits per heavy atom. The van der Waals surface area contributed by atoms with Crippen LogP contribution in [0.2, 0.25) is 5.02 Å². The van der Waals surface area contributed by atoms with Crippen LogP contribution in [0.5, 0.6) is 0 Å². The van der Waals surface area contributed by atoms with Gasteiger partial charge in [-0.15, -0.1) is 0 Å². The van der Waals surface area contributed by atoms with Gasteiger partial charge in [0, 0.05) is 23.7 Å². The molecular formula is C17H18ClN3O2S. The Labute approximate surface area is 149 Å². The van der Waals surface area contributed by atoms with E-state index in [4.69, 9.17) is 11.6 Å². The van der Waals surface area contributed by atoms with Crippen LogP contribution in [0.3, 0.4) is 0 Å². The van der Waals surface area contributed by atoms with E-state index in [0.717, 1.165) is 12.1 Å². The summed E-state index contributed by atoms with van der Waals surface area (Å²) in [5.74, 6) is -0.0428. The van der Waals surface area contributed by atoms with E-state index >= 15 is 0 Å². The van der Waals surface area contributed by atoms with Gasteiger partial charge in [-0.25, -0.2) is 4.98 Å². The Hall–Kier alpha value is -1.92. The summed E-state index contributed by atoms with van der Waals surface area (Å²) in [7, 11) is 0. The number of anilines is 2. The van der Waals surface area contributed by atoms with Crippen LogP contribution in [-0.2, 0) is 4.79 Å². The molecule has 0 radical (unpaired) electrons. The van der Waals surface area contributed by atoms with Crippen molar-refractivity contribution in [2.75, 3.05) is 16.8 Å². The van der Waals surface area contributed by atoms with Gasteiger partial charge in [-0.3, -0.25) is 14.5 Å². The van der Waals surface area contributed by atoms with Gasteiger partial charge in [-0.05, 0) is 36.6 Å². The van der Waals surface area contributed by atoms with E-state index in [-0.39, 0.29) is 17.7 Å². The number of rotatable bonds is 4. The Bertz CT molecular complexity index is 771. The molecule has 1 fully saturated rings. The van der Waals surface area contributed by atoms with Gasteiger partial charge < -0.3 is 5.32 Å². The zero-order chi connectivity index (χ0) is 17.3. The van der Waals surface area contributed by atoms with Crippen molar-refractivity contribution < 1.29 is 9.59 Å². The van der Waals surface area contributed by atoms with Crippen molar-refractivity contribution in [1.29, 1.82) is 0 Å². The number of halogens is 1. The second-order valence-corrected chi connectivity index (χ2v) is 7.39. The molecule has 126 valence electrons. The fourth-order valence-electron chi connectivity index (χ4n) is 2.56. The lowest BCUT2D eigenvalue weighted by atomic mass is 10.1. The molecule has 0 atom stereocenters. The lowest BCUT2D eigenvalue weighted by Crippen LogP contribution is -2.23. The van der Waals surface area contributed by atoms with E-state index in [1.54, 1.807) is 29.2 Å². The maximum absolute atomic E-state index is 12.7. The summed E-state index contributed by atoms with van der Waals surface area (Å²) < 4.78 is 0. The Kier molecular flexibility index (Phi) is 4.87. The van der Waals surface area contributed by atoms with E-state index in [1.165, 1.54) is 11.3 Å². The highest BCUT2D eigenvalue weighted by atomic mass is 35.5. The molecule has 1 aromatic carbocycles. The second-order valence-electron chi connectivity index (χ2n) is 5.98. The van der Waals surface area contributed by atoms with Crippen molar-refractivity contribution in [3.05, 3.63) is 39.9 Å². The maximum Gasteiger partial charge on any atom is 0.267 e. The molecule has 0 aliphatic carbocycles. The van der Waals surface area contributed by atoms with Crippen LogP contribution in [0, 0.1) is 0 Å². The Morgan fingerprint density at radius 2 is 2.04 bits per heavy atom. The van der Waals surface area contributed by atoms with E-state index in [0.29, 0.717) is 33.7 Å². The lowest BCUT2D eigenvalue weighted by molar-refractivity contribution is -0.117. The van der Waals surface area contributed by atoms with Crippen molar-refractivity contribution in [2.24, 2.45) is 0 Å². The summed E-state index contributed by atoms with van der Waals surface area (Å²) in [4.78, 5) is 31.4. The summed E-state index contributed by atoms with van der Waals surface area (Å²) in [6, 6.07) is 6.95. The molecule has 1 saturated heterocycles. The summed E-state index contributed by atoms with van der Waals surface area (Å²) in [6.07, 6.45) is 1.38. The molecule has 1 aliphatic rings. The van der Waals surface area contributed by atoms with Crippen LogP contribution in [0.4, 0.5) is 10.8 Å². The summed E-state index contributed by atoms with van der Waals surface area (Å²) in [5.41, 5.74) is 1.40. The summed E-state index contributed by atoms with van der Waals surface area (Å²) in [5, 5.41) is 4.09. The number of nitrogens with zero attached hydrogens (tertiary/aromatic N) is 2. The average Bonchev–Trinajstić information content (AvgIpc) is 3.15. The first-order valence-electron chi connectivity index (χ1n) is 7.83. The average molecular weight is 364 g/mol. The molecule has 1 aromatic heterocycles. The molecule has 2 heterocycles. The van der Waals surface area contributed by atoms with Gasteiger partial charge in [0.1, 0.15) is 4.88 Å². The van der Waals surface area contributed by atoms with E-state index < -0.39 is 0 Å². The summed E-state index contributed by atoms with van der Waals surface area (Å²) >= 11 is 7.14. The van der Waals surface area contributed by atoms with Crippen molar-refractivity contribution in [3.8, 4) is 0 Å². The van der Waals surface area contributed by atoms with Crippen LogP contribution in [0.1, 0.15) is 48.0 Å². The number of benzene rings is 1. The molecule has 2 amide bonds. The molecule has 1 N–H and O–H groups in total. The standard InChI is InChI=1S/C17H18ClN3O2S/c1-10(2)14-15(16(23)19-12-7-5-11(18)6-8-12)24-17(20-14)21-9-3-4-13(21)22/h5-8,10H,3-4,9H2,1-2H3,(H,19,23). The number of amides is 2. The fourth-order valence-corrected chi connectivity index (χ4v) is 3.85. The van der Waals surface area contributed by atoms with Gasteiger partial charge in [-0.2, -0.15) is 0 Å². The van der Waals surface area contributed by atoms with E-state index in [9.17, 15) is 9.59 Å². The van der Waals surface area contributed by atoms with Gasteiger partial charge >= 0.3 is 0 Å². The molecule has 2 aromatic rings. The number of hydrogen-bond acceptors (Lipinski definition) is 4. The van der Waals surface area contributed by atoms with Crippen LogP contribution in [0.15, 0.2) is 24.3 Å². The predicted octanol–water partition coefficient (Wildman–Crippen LogP) is 4.30. The van der Waals surface area contributed by atoms with Crippen LogP contribution in [-0.4, -0.2) is 23.3 Å². The molecule has 0 spiro atoms. The highest BCUT2D eigenvalue weighted by molar-refractivity contribution is 7.18. The normalized spacial score (nSPS) is 14.5. The number of hydrogen-bond donors (Lipinski definition) is 1. The van der Waals surface area contributed by atoms with Gasteiger partial charge in [0.15, 0.2) is 5.13 Å². The molecular weight excluding hydrogens is 346 g/mol. The molecule has 0 unspecified atom stereocenters. The SMILES string of the molecule is CC(C)c1nc(N2CCCC2=O)sc1C(=O)Nc1ccc(Cl)cc1. The first-order chi connectivity index (χ1) is 11.5. The minimum absolute atomic E-state index is 0.0729. The number of nitrogens with one attached hydrogen (secondary N) is 1. The smallest absolute Gasteiger partial charge is 0.267 e. The molecule has 3 rings (SSSR count). The lowest BCUT2D eigenvalue weighted by Gasteiger charge is -2.10. The van der Waals surface area contributed by atoms with Crippen molar-refractivity contribution >= 4 is 45.6 Å². The van der Waals surface area contributed by atoms with Crippen molar-refractivity contribution in [1.82, 2.24) is 4.98 Å². The van der Waals surface area contributed by atoms with Gasteiger partial charge in [-0.1, -0.05) is 36.8 Å².